The first-order chi connectivity index (χ1) is 8.93. The third kappa shape index (κ3) is 2.81. The van der Waals surface area contributed by atoms with E-state index in [1.807, 2.05) is 31.2 Å². The molecule has 1 atom stereocenters. The lowest BCUT2D eigenvalue weighted by Gasteiger charge is -2.34. The van der Waals surface area contributed by atoms with Gasteiger partial charge in [0.25, 0.3) is 0 Å². The van der Waals surface area contributed by atoms with Crippen molar-refractivity contribution in [3.63, 3.8) is 0 Å². The van der Waals surface area contributed by atoms with Crippen molar-refractivity contribution in [3.05, 3.63) is 35.4 Å². The number of hydrogen-bond donors (Lipinski definition) is 1. The molecule has 104 valence electrons. The maximum Gasteiger partial charge on any atom is 0.313 e. The predicted molar refractivity (Wildman–Crippen MR) is 74.4 cm³/mol. The van der Waals surface area contributed by atoms with Crippen LogP contribution in [0.25, 0.3) is 0 Å². The molecule has 0 spiro atoms. The minimum absolute atomic E-state index is 0.367. The topological polar surface area (TPSA) is 46.5 Å². The molecule has 1 saturated heterocycles. The SMILES string of the molecule is CC(C)c1ccc(C(C)(CC2COC2)C(=O)O)cc1. The first-order valence-electron chi connectivity index (χ1n) is 6.85. The third-order valence-corrected chi connectivity index (χ3v) is 4.09. The van der Waals surface area contributed by atoms with Crippen LogP contribution in [0.3, 0.4) is 0 Å². The molecular formula is C16H22O3. The van der Waals surface area contributed by atoms with Gasteiger partial charge in [0, 0.05) is 5.92 Å². The molecule has 0 aromatic heterocycles. The summed E-state index contributed by atoms with van der Waals surface area (Å²) in [6.07, 6.45) is 0.642. The monoisotopic (exact) mass is 262 g/mol. The molecule has 3 nitrogen and oxygen atoms in total. The Morgan fingerprint density at radius 3 is 2.32 bits per heavy atom. The fourth-order valence-electron chi connectivity index (χ4n) is 2.54. The molecule has 0 saturated carbocycles. The summed E-state index contributed by atoms with van der Waals surface area (Å²) in [7, 11) is 0. The molecule has 0 amide bonds. The molecule has 1 unspecified atom stereocenters. The van der Waals surface area contributed by atoms with Gasteiger partial charge < -0.3 is 9.84 Å². The number of carbonyl (C=O) groups is 1. The van der Waals surface area contributed by atoms with Crippen LogP contribution in [0.4, 0.5) is 0 Å². The molecule has 0 radical (unpaired) electrons. The quantitative estimate of drug-likeness (QED) is 0.886. The second-order valence-corrected chi connectivity index (χ2v) is 6.02. The molecule has 0 aliphatic carbocycles. The summed E-state index contributed by atoms with van der Waals surface area (Å²) in [6.45, 7) is 7.46. The lowest BCUT2D eigenvalue weighted by Crippen LogP contribution is -2.40. The molecule has 1 aliphatic rings. The zero-order chi connectivity index (χ0) is 14.0. The molecule has 2 rings (SSSR count). The van der Waals surface area contributed by atoms with Gasteiger partial charge in [-0.3, -0.25) is 4.79 Å². The normalized spacial score (nSPS) is 18.9. The van der Waals surface area contributed by atoms with Crippen molar-refractivity contribution >= 4 is 5.97 Å². The molecule has 1 aliphatic heterocycles. The van der Waals surface area contributed by atoms with Gasteiger partial charge >= 0.3 is 5.97 Å². The predicted octanol–water partition coefficient (Wildman–Crippen LogP) is 3.19. The Morgan fingerprint density at radius 2 is 1.95 bits per heavy atom. The summed E-state index contributed by atoms with van der Waals surface area (Å²) >= 11 is 0. The van der Waals surface area contributed by atoms with Gasteiger partial charge in [-0.25, -0.2) is 0 Å². The number of carboxylic acid groups (broad SMARTS) is 1. The van der Waals surface area contributed by atoms with Crippen LogP contribution in [0.1, 0.15) is 44.2 Å². The first-order valence-corrected chi connectivity index (χ1v) is 6.85. The second kappa shape index (κ2) is 5.33. The minimum atomic E-state index is -0.816. The van der Waals surface area contributed by atoms with Crippen molar-refractivity contribution in [1.82, 2.24) is 0 Å². The zero-order valence-corrected chi connectivity index (χ0v) is 11.8. The van der Waals surface area contributed by atoms with Gasteiger partial charge in [0.2, 0.25) is 0 Å². The van der Waals surface area contributed by atoms with E-state index >= 15 is 0 Å². The number of hydrogen-bond acceptors (Lipinski definition) is 2. The number of ether oxygens (including phenoxy) is 1. The molecule has 1 N–H and O–H groups in total. The summed E-state index contributed by atoms with van der Waals surface area (Å²) in [5, 5.41) is 9.59. The van der Waals surface area contributed by atoms with Crippen molar-refractivity contribution in [2.45, 2.75) is 38.5 Å². The summed E-state index contributed by atoms with van der Waals surface area (Å²) in [5.74, 6) is 0.0766. The van der Waals surface area contributed by atoms with E-state index in [0.717, 1.165) is 5.56 Å². The maximum absolute atomic E-state index is 11.7. The van der Waals surface area contributed by atoms with Crippen molar-refractivity contribution in [1.29, 1.82) is 0 Å². The standard InChI is InChI=1S/C16H22O3/c1-11(2)13-4-6-14(7-5-13)16(3,15(17)18)8-12-9-19-10-12/h4-7,11-12H,8-10H2,1-3H3,(H,17,18). The van der Waals surface area contributed by atoms with Gasteiger partial charge in [-0.1, -0.05) is 38.1 Å². The highest BCUT2D eigenvalue weighted by atomic mass is 16.5. The fourth-order valence-corrected chi connectivity index (χ4v) is 2.54. The van der Waals surface area contributed by atoms with Gasteiger partial charge in [-0.2, -0.15) is 0 Å². The Bertz CT molecular complexity index is 446. The largest absolute Gasteiger partial charge is 0.481 e. The highest BCUT2D eigenvalue weighted by Gasteiger charge is 2.39. The molecule has 3 heteroatoms. The van der Waals surface area contributed by atoms with Gasteiger partial charge in [0.15, 0.2) is 0 Å². The highest BCUT2D eigenvalue weighted by molar-refractivity contribution is 5.80. The molecule has 19 heavy (non-hydrogen) atoms. The van der Waals surface area contributed by atoms with E-state index < -0.39 is 11.4 Å². The average Bonchev–Trinajstić information content (AvgIpc) is 2.33. The molecule has 0 bridgehead atoms. The molecule has 1 aromatic carbocycles. The Balaban J connectivity index is 2.24. The van der Waals surface area contributed by atoms with Gasteiger partial charge in [0.05, 0.1) is 18.6 Å². The van der Waals surface area contributed by atoms with Crippen molar-refractivity contribution in [2.24, 2.45) is 5.92 Å². The van der Waals surface area contributed by atoms with E-state index in [2.05, 4.69) is 13.8 Å². The molecule has 1 aromatic rings. The van der Waals surface area contributed by atoms with Gasteiger partial charge in [-0.15, -0.1) is 0 Å². The number of aliphatic carboxylic acids is 1. The summed E-state index contributed by atoms with van der Waals surface area (Å²) in [4.78, 5) is 11.7. The second-order valence-electron chi connectivity index (χ2n) is 6.02. The Labute approximate surface area is 114 Å². The summed E-state index contributed by atoms with van der Waals surface area (Å²) in [6, 6.07) is 8.00. The van der Waals surface area contributed by atoms with Crippen LogP contribution in [-0.2, 0) is 14.9 Å². The minimum Gasteiger partial charge on any atom is -0.481 e. The number of benzene rings is 1. The van der Waals surface area contributed by atoms with Crippen LogP contribution >= 0.6 is 0 Å². The lowest BCUT2D eigenvalue weighted by atomic mass is 9.74. The van der Waals surface area contributed by atoms with E-state index in [4.69, 9.17) is 4.74 Å². The third-order valence-electron chi connectivity index (χ3n) is 4.09. The van der Waals surface area contributed by atoms with Gasteiger partial charge in [0.1, 0.15) is 0 Å². The number of rotatable bonds is 5. The van der Waals surface area contributed by atoms with E-state index in [1.54, 1.807) is 0 Å². The Hall–Kier alpha value is -1.35. The summed E-state index contributed by atoms with van der Waals surface area (Å²) in [5.41, 5.74) is 1.31. The van der Waals surface area contributed by atoms with Crippen molar-refractivity contribution in [3.8, 4) is 0 Å². The Morgan fingerprint density at radius 1 is 1.37 bits per heavy atom. The van der Waals surface area contributed by atoms with Crippen LogP contribution in [0.2, 0.25) is 0 Å². The molecule has 1 fully saturated rings. The van der Waals surface area contributed by atoms with E-state index in [9.17, 15) is 9.90 Å². The Kier molecular flexibility index (Phi) is 3.95. The van der Waals surface area contributed by atoms with Crippen molar-refractivity contribution in [2.75, 3.05) is 13.2 Å². The van der Waals surface area contributed by atoms with E-state index in [1.165, 1.54) is 5.56 Å². The first kappa shape index (κ1) is 14.1. The van der Waals surface area contributed by atoms with Crippen LogP contribution in [0, 0.1) is 5.92 Å². The highest BCUT2D eigenvalue weighted by Crippen LogP contribution is 2.34. The average molecular weight is 262 g/mol. The van der Waals surface area contributed by atoms with Crippen LogP contribution in [0.15, 0.2) is 24.3 Å². The van der Waals surface area contributed by atoms with E-state index in [-0.39, 0.29) is 0 Å². The van der Waals surface area contributed by atoms with Crippen molar-refractivity contribution < 1.29 is 14.6 Å². The van der Waals surface area contributed by atoms with Crippen LogP contribution < -0.4 is 0 Å². The van der Waals surface area contributed by atoms with Crippen LogP contribution in [0.5, 0.6) is 0 Å². The van der Waals surface area contributed by atoms with Crippen LogP contribution in [-0.4, -0.2) is 24.3 Å². The number of carboxylic acids is 1. The zero-order valence-electron chi connectivity index (χ0n) is 11.8. The fraction of sp³-hybridized carbons (Fsp3) is 0.562. The van der Waals surface area contributed by atoms with Gasteiger partial charge in [-0.05, 0) is 30.4 Å². The lowest BCUT2D eigenvalue weighted by molar-refractivity contribution is -0.145. The smallest absolute Gasteiger partial charge is 0.313 e. The molecule has 1 heterocycles. The molecular weight excluding hydrogens is 240 g/mol. The maximum atomic E-state index is 11.7. The van der Waals surface area contributed by atoms with E-state index in [0.29, 0.717) is 31.5 Å². The summed E-state index contributed by atoms with van der Waals surface area (Å²) < 4.78 is 5.15.